The number of benzene rings is 2. The minimum absolute atomic E-state index is 0.0164. The molecule has 0 spiro atoms. The van der Waals surface area contributed by atoms with E-state index < -0.39 is 6.29 Å². The van der Waals surface area contributed by atoms with Gasteiger partial charge in [0.25, 0.3) is 0 Å². The third-order valence-corrected chi connectivity index (χ3v) is 6.65. The third-order valence-electron chi connectivity index (χ3n) is 6.65. The molecular weight excluding hydrogens is 480 g/mol. The summed E-state index contributed by atoms with van der Waals surface area (Å²) in [5, 5.41) is 15.0. The molecule has 3 N–H and O–H groups in total. The van der Waals surface area contributed by atoms with Gasteiger partial charge in [-0.3, -0.25) is 4.98 Å². The second-order valence-electron chi connectivity index (χ2n) is 9.64. The van der Waals surface area contributed by atoms with Gasteiger partial charge in [-0.1, -0.05) is 54.6 Å². The molecule has 8 nitrogen and oxygen atoms in total. The molecule has 1 aromatic heterocycles. The zero-order valence-corrected chi connectivity index (χ0v) is 22.2. The number of carbonyl (C=O) groups excluding carboxylic acids is 1. The standard InChI is InChI=1S/C30H38N4O4/c1-3-31-30(36)33-19-22-7-13-25(14-8-22)29-37-27(20-34(2)17-15-26-6-4-5-16-32-26)18-28(38-29)24-11-9-23(21-35)10-12-24/h4-14,16,27-29,35H,3,15,17-21H2,1-2H3,(H2,31,33,36)/t27-,28+,29+/m1/s1. The zero-order chi connectivity index (χ0) is 26.7. The van der Waals surface area contributed by atoms with Crippen LogP contribution < -0.4 is 10.6 Å². The predicted molar refractivity (Wildman–Crippen MR) is 146 cm³/mol. The van der Waals surface area contributed by atoms with Crippen LogP contribution in [0.4, 0.5) is 4.79 Å². The highest BCUT2D eigenvalue weighted by Gasteiger charge is 2.32. The van der Waals surface area contributed by atoms with Gasteiger partial charge in [0.05, 0.1) is 18.8 Å². The molecule has 1 fully saturated rings. The van der Waals surface area contributed by atoms with Crippen molar-refractivity contribution in [1.29, 1.82) is 0 Å². The summed E-state index contributed by atoms with van der Waals surface area (Å²) in [6.07, 6.45) is 2.78. The quantitative estimate of drug-likeness (QED) is 0.354. The van der Waals surface area contributed by atoms with Crippen LogP contribution in [-0.4, -0.2) is 53.8 Å². The number of aliphatic hydroxyl groups is 1. The smallest absolute Gasteiger partial charge is 0.315 e. The van der Waals surface area contributed by atoms with E-state index in [1.54, 1.807) is 0 Å². The topological polar surface area (TPSA) is 96.0 Å². The molecule has 2 heterocycles. The van der Waals surface area contributed by atoms with Crippen LogP contribution in [-0.2, 0) is 29.0 Å². The number of amides is 2. The van der Waals surface area contributed by atoms with E-state index in [4.69, 9.17) is 9.47 Å². The maximum Gasteiger partial charge on any atom is 0.315 e. The van der Waals surface area contributed by atoms with Gasteiger partial charge in [-0.05, 0) is 42.8 Å². The first-order valence-corrected chi connectivity index (χ1v) is 13.2. The van der Waals surface area contributed by atoms with E-state index in [1.807, 2.05) is 73.8 Å². The molecule has 0 radical (unpaired) electrons. The van der Waals surface area contributed by atoms with E-state index in [9.17, 15) is 9.90 Å². The summed E-state index contributed by atoms with van der Waals surface area (Å²) >= 11 is 0. The maximum atomic E-state index is 11.7. The Labute approximate surface area is 225 Å². The van der Waals surface area contributed by atoms with Crippen molar-refractivity contribution in [1.82, 2.24) is 20.5 Å². The van der Waals surface area contributed by atoms with Crippen molar-refractivity contribution in [3.05, 3.63) is 101 Å². The number of aliphatic hydroxyl groups excluding tert-OH is 1. The highest BCUT2D eigenvalue weighted by molar-refractivity contribution is 5.73. The molecule has 3 aromatic rings. The number of urea groups is 1. The number of hydrogen-bond acceptors (Lipinski definition) is 6. The van der Waals surface area contributed by atoms with Crippen molar-refractivity contribution < 1.29 is 19.4 Å². The number of hydrogen-bond donors (Lipinski definition) is 3. The Balaban J connectivity index is 1.43. The number of pyridine rings is 1. The van der Waals surface area contributed by atoms with Crippen molar-refractivity contribution in [3.63, 3.8) is 0 Å². The molecule has 1 aliphatic rings. The summed E-state index contributed by atoms with van der Waals surface area (Å²) in [5.41, 5.74) is 4.95. The van der Waals surface area contributed by atoms with Crippen LogP contribution in [0.25, 0.3) is 0 Å². The van der Waals surface area contributed by atoms with E-state index in [0.29, 0.717) is 13.1 Å². The van der Waals surface area contributed by atoms with Crippen LogP contribution in [0.3, 0.4) is 0 Å². The van der Waals surface area contributed by atoms with Gasteiger partial charge in [-0.2, -0.15) is 0 Å². The van der Waals surface area contributed by atoms with Gasteiger partial charge in [0, 0.05) is 56.5 Å². The first kappa shape index (κ1) is 27.7. The average Bonchev–Trinajstić information content (AvgIpc) is 2.96. The van der Waals surface area contributed by atoms with Crippen LogP contribution in [0.2, 0.25) is 0 Å². The Morgan fingerprint density at radius 1 is 1.00 bits per heavy atom. The zero-order valence-electron chi connectivity index (χ0n) is 22.2. The van der Waals surface area contributed by atoms with Crippen molar-refractivity contribution in [2.75, 3.05) is 26.7 Å². The lowest BCUT2D eigenvalue weighted by Crippen LogP contribution is -2.38. The van der Waals surface area contributed by atoms with Gasteiger partial charge in [0.15, 0.2) is 6.29 Å². The monoisotopic (exact) mass is 518 g/mol. The molecule has 2 amide bonds. The molecular formula is C30H38N4O4. The summed E-state index contributed by atoms with van der Waals surface area (Å²) in [7, 11) is 2.11. The first-order chi connectivity index (χ1) is 18.5. The fourth-order valence-corrected chi connectivity index (χ4v) is 4.52. The summed E-state index contributed by atoms with van der Waals surface area (Å²) in [5.74, 6) is 0. The van der Waals surface area contributed by atoms with Crippen molar-refractivity contribution in [2.45, 2.75) is 51.4 Å². The van der Waals surface area contributed by atoms with E-state index in [0.717, 1.165) is 53.9 Å². The number of ether oxygens (including phenoxy) is 2. The number of rotatable bonds is 11. The second-order valence-corrected chi connectivity index (χ2v) is 9.64. The van der Waals surface area contributed by atoms with E-state index in [1.165, 1.54) is 0 Å². The van der Waals surface area contributed by atoms with E-state index >= 15 is 0 Å². The molecule has 0 bridgehead atoms. The lowest BCUT2D eigenvalue weighted by molar-refractivity contribution is -0.252. The average molecular weight is 519 g/mol. The highest BCUT2D eigenvalue weighted by atomic mass is 16.7. The van der Waals surface area contributed by atoms with E-state index in [2.05, 4.69) is 33.6 Å². The normalized spacial score (nSPS) is 19.3. The fraction of sp³-hybridized carbons (Fsp3) is 0.400. The molecule has 1 aliphatic heterocycles. The number of aromatic nitrogens is 1. The summed E-state index contributed by atoms with van der Waals surface area (Å²) in [4.78, 5) is 18.4. The number of likely N-dealkylation sites (N-methyl/N-ethyl adjacent to an activating group) is 1. The summed E-state index contributed by atoms with van der Waals surface area (Å²) in [6.45, 7) is 4.59. The van der Waals surface area contributed by atoms with Gasteiger partial charge in [-0.25, -0.2) is 4.79 Å². The molecule has 2 aromatic carbocycles. The van der Waals surface area contributed by atoms with Crippen molar-refractivity contribution in [2.24, 2.45) is 0 Å². The molecule has 202 valence electrons. The van der Waals surface area contributed by atoms with Crippen LogP contribution in [0, 0.1) is 0 Å². The number of nitrogens with one attached hydrogen (secondary N) is 2. The van der Waals surface area contributed by atoms with Gasteiger partial charge in [-0.15, -0.1) is 0 Å². The minimum atomic E-state index is -0.508. The Hall–Kier alpha value is -3.30. The molecule has 0 unspecified atom stereocenters. The van der Waals surface area contributed by atoms with Crippen molar-refractivity contribution in [3.8, 4) is 0 Å². The Morgan fingerprint density at radius 2 is 1.74 bits per heavy atom. The molecule has 0 saturated carbocycles. The summed E-state index contributed by atoms with van der Waals surface area (Å²) < 4.78 is 12.9. The van der Waals surface area contributed by atoms with Crippen LogP contribution in [0.5, 0.6) is 0 Å². The molecule has 1 saturated heterocycles. The summed E-state index contributed by atoms with van der Waals surface area (Å²) in [6, 6.07) is 21.7. The predicted octanol–water partition coefficient (Wildman–Crippen LogP) is 4.11. The van der Waals surface area contributed by atoms with Crippen LogP contribution >= 0.6 is 0 Å². The molecule has 3 atom stereocenters. The Bertz CT molecular complexity index is 1130. The minimum Gasteiger partial charge on any atom is -0.392 e. The number of nitrogens with zero attached hydrogens (tertiary/aromatic N) is 2. The lowest BCUT2D eigenvalue weighted by Gasteiger charge is -2.38. The molecule has 4 rings (SSSR count). The number of carbonyl (C=O) groups is 1. The Kier molecular flexibility index (Phi) is 10.2. The first-order valence-electron chi connectivity index (χ1n) is 13.2. The van der Waals surface area contributed by atoms with Crippen molar-refractivity contribution >= 4 is 6.03 Å². The van der Waals surface area contributed by atoms with Gasteiger partial charge >= 0.3 is 6.03 Å². The van der Waals surface area contributed by atoms with Gasteiger partial charge in [0.1, 0.15) is 0 Å². The molecule has 0 aliphatic carbocycles. The third kappa shape index (κ3) is 8.10. The second kappa shape index (κ2) is 14.0. The molecule has 8 heteroatoms. The maximum absolute atomic E-state index is 11.7. The van der Waals surface area contributed by atoms with Crippen LogP contribution in [0.1, 0.15) is 53.7 Å². The Morgan fingerprint density at radius 3 is 2.42 bits per heavy atom. The van der Waals surface area contributed by atoms with Gasteiger partial charge < -0.3 is 30.1 Å². The SMILES string of the molecule is CCNC(=O)NCc1ccc([C@H]2O[C@@H](CN(C)CCc3ccccn3)C[C@@H](c3ccc(CO)cc3)O2)cc1. The van der Waals surface area contributed by atoms with E-state index in [-0.39, 0.29) is 24.8 Å². The fourth-order valence-electron chi connectivity index (χ4n) is 4.52. The van der Waals surface area contributed by atoms with Gasteiger partial charge in [0.2, 0.25) is 0 Å². The highest BCUT2D eigenvalue weighted by Crippen LogP contribution is 2.38. The van der Waals surface area contributed by atoms with Crippen LogP contribution in [0.15, 0.2) is 72.9 Å². The largest absolute Gasteiger partial charge is 0.392 e. The lowest BCUT2D eigenvalue weighted by atomic mass is 9.99. The molecule has 38 heavy (non-hydrogen) atoms.